The highest BCUT2D eigenvalue weighted by atomic mass is 16.3. The Morgan fingerprint density at radius 2 is 1.68 bits per heavy atom. The van der Waals surface area contributed by atoms with E-state index in [0.717, 1.165) is 16.7 Å². The summed E-state index contributed by atoms with van der Waals surface area (Å²) in [5, 5.41) is 11.4. The lowest BCUT2D eigenvalue weighted by Crippen LogP contribution is -2.36. The van der Waals surface area contributed by atoms with Crippen molar-refractivity contribution in [3.05, 3.63) is 94.3 Å². The quantitative estimate of drug-likeness (QED) is 0.519. The van der Waals surface area contributed by atoms with E-state index in [1.807, 2.05) is 62.4 Å². The molecule has 5 nitrogen and oxygen atoms in total. The molecule has 1 heterocycles. The van der Waals surface area contributed by atoms with Gasteiger partial charge in [0.2, 0.25) is 0 Å². The summed E-state index contributed by atoms with van der Waals surface area (Å²) in [6.07, 6.45) is 0. The first-order chi connectivity index (χ1) is 14.9. The van der Waals surface area contributed by atoms with E-state index in [1.165, 1.54) is 4.57 Å². The molecule has 0 unspecified atom stereocenters. The van der Waals surface area contributed by atoms with Gasteiger partial charge in [-0.25, -0.2) is 0 Å². The van der Waals surface area contributed by atoms with E-state index in [2.05, 4.69) is 0 Å². The molecule has 4 aromatic rings. The summed E-state index contributed by atoms with van der Waals surface area (Å²) in [7, 11) is 1.61. The SMILES string of the molecule is CCN(C(=O)c1c(O)c2ccccc2n(C)c1=O)c1cc(C)ccc1-c1ccccc1. The third-order valence-corrected chi connectivity index (χ3v) is 5.58. The maximum absolute atomic E-state index is 13.7. The summed E-state index contributed by atoms with van der Waals surface area (Å²) in [5.41, 5.74) is 3.39. The van der Waals surface area contributed by atoms with Gasteiger partial charge in [0.05, 0.1) is 11.2 Å². The van der Waals surface area contributed by atoms with Crippen molar-refractivity contribution >= 4 is 22.5 Å². The molecule has 0 fully saturated rings. The third kappa shape index (κ3) is 3.48. The smallest absolute Gasteiger partial charge is 0.267 e. The topological polar surface area (TPSA) is 62.5 Å². The van der Waals surface area contributed by atoms with Crippen LogP contribution in [0, 0.1) is 6.92 Å². The second-order valence-corrected chi connectivity index (χ2v) is 7.54. The number of benzene rings is 3. The summed E-state index contributed by atoms with van der Waals surface area (Å²) in [6, 6.07) is 22.7. The molecule has 1 N–H and O–H groups in total. The minimum Gasteiger partial charge on any atom is -0.506 e. The summed E-state index contributed by atoms with van der Waals surface area (Å²) < 4.78 is 1.41. The van der Waals surface area contributed by atoms with Crippen molar-refractivity contribution < 1.29 is 9.90 Å². The van der Waals surface area contributed by atoms with Crippen molar-refractivity contribution in [1.29, 1.82) is 0 Å². The van der Waals surface area contributed by atoms with Crippen LogP contribution in [-0.4, -0.2) is 22.1 Å². The molecule has 0 bridgehead atoms. The second kappa shape index (κ2) is 8.11. The fourth-order valence-electron chi connectivity index (χ4n) is 3.96. The number of fused-ring (bicyclic) bond motifs is 1. The summed E-state index contributed by atoms with van der Waals surface area (Å²) >= 11 is 0. The Bertz CT molecular complexity index is 1340. The monoisotopic (exact) mass is 412 g/mol. The summed E-state index contributed by atoms with van der Waals surface area (Å²) in [5.74, 6) is -0.801. The fourth-order valence-corrected chi connectivity index (χ4v) is 3.96. The minimum absolute atomic E-state index is 0.219. The number of aromatic nitrogens is 1. The zero-order chi connectivity index (χ0) is 22.1. The first-order valence-corrected chi connectivity index (χ1v) is 10.2. The van der Waals surface area contributed by atoms with Crippen LogP contribution in [0.2, 0.25) is 0 Å². The number of carbonyl (C=O) groups is 1. The van der Waals surface area contributed by atoms with Gasteiger partial charge in [-0.3, -0.25) is 9.59 Å². The Balaban J connectivity index is 1.92. The third-order valence-electron chi connectivity index (χ3n) is 5.58. The number of pyridine rings is 1. The van der Waals surface area contributed by atoms with Gasteiger partial charge in [0.1, 0.15) is 11.3 Å². The van der Waals surface area contributed by atoms with Crippen molar-refractivity contribution in [3.63, 3.8) is 0 Å². The number of hydrogen-bond donors (Lipinski definition) is 1. The van der Waals surface area contributed by atoms with E-state index in [9.17, 15) is 14.7 Å². The highest BCUT2D eigenvalue weighted by Crippen LogP contribution is 2.34. The van der Waals surface area contributed by atoms with Gasteiger partial charge in [-0.05, 0) is 43.2 Å². The van der Waals surface area contributed by atoms with Crippen molar-refractivity contribution in [2.45, 2.75) is 13.8 Å². The largest absolute Gasteiger partial charge is 0.506 e. The molecule has 1 aromatic heterocycles. The van der Waals surface area contributed by atoms with E-state index >= 15 is 0 Å². The van der Waals surface area contributed by atoms with Crippen LogP contribution in [0.3, 0.4) is 0 Å². The molecule has 0 atom stereocenters. The Morgan fingerprint density at radius 3 is 2.39 bits per heavy atom. The van der Waals surface area contributed by atoms with Gasteiger partial charge in [-0.1, -0.05) is 54.6 Å². The number of carbonyl (C=O) groups excluding carboxylic acids is 1. The molecule has 0 saturated carbocycles. The van der Waals surface area contributed by atoms with Gasteiger partial charge in [-0.15, -0.1) is 0 Å². The standard InChI is InChI=1S/C26H24N2O3/c1-4-28(22-16-17(2)14-15-19(22)18-10-6-5-7-11-18)26(31)23-24(29)20-12-8-9-13-21(20)27(3)25(23)30/h5-16,29H,4H2,1-3H3. The number of nitrogens with zero attached hydrogens (tertiary/aromatic N) is 2. The number of para-hydroxylation sites is 1. The van der Waals surface area contributed by atoms with Gasteiger partial charge >= 0.3 is 0 Å². The van der Waals surface area contributed by atoms with Crippen LogP contribution in [0.25, 0.3) is 22.0 Å². The maximum Gasteiger partial charge on any atom is 0.267 e. The molecule has 3 aromatic carbocycles. The number of rotatable bonds is 4. The molecule has 0 saturated heterocycles. The lowest BCUT2D eigenvalue weighted by atomic mass is 10.00. The first kappa shape index (κ1) is 20.4. The average Bonchev–Trinajstić information content (AvgIpc) is 2.79. The first-order valence-electron chi connectivity index (χ1n) is 10.2. The average molecular weight is 412 g/mol. The molecule has 0 aliphatic carbocycles. The highest BCUT2D eigenvalue weighted by molar-refractivity contribution is 6.11. The molecule has 31 heavy (non-hydrogen) atoms. The number of anilines is 1. The minimum atomic E-state index is -0.520. The Hall–Kier alpha value is -3.86. The van der Waals surface area contributed by atoms with E-state index in [4.69, 9.17) is 0 Å². The van der Waals surface area contributed by atoms with Crippen LogP contribution >= 0.6 is 0 Å². The van der Waals surface area contributed by atoms with E-state index < -0.39 is 11.5 Å². The molecular weight excluding hydrogens is 388 g/mol. The lowest BCUT2D eigenvalue weighted by molar-refractivity contribution is 0.0984. The zero-order valence-electron chi connectivity index (χ0n) is 17.8. The zero-order valence-corrected chi connectivity index (χ0v) is 17.8. The predicted octanol–water partition coefficient (Wildman–Crippen LogP) is 4.89. The molecule has 1 amide bonds. The fraction of sp³-hybridized carbons (Fsp3) is 0.154. The van der Waals surface area contributed by atoms with Gasteiger partial charge < -0.3 is 14.6 Å². The van der Waals surface area contributed by atoms with E-state index in [1.54, 1.807) is 36.2 Å². The van der Waals surface area contributed by atoms with Crippen molar-refractivity contribution in [3.8, 4) is 16.9 Å². The molecule has 156 valence electrons. The molecule has 0 radical (unpaired) electrons. The Kier molecular flexibility index (Phi) is 5.34. The van der Waals surface area contributed by atoms with Crippen LogP contribution in [-0.2, 0) is 7.05 Å². The molecule has 0 aliphatic heterocycles. The molecule has 0 spiro atoms. The van der Waals surface area contributed by atoms with E-state index in [0.29, 0.717) is 23.1 Å². The number of hydrogen-bond acceptors (Lipinski definition) is 3. The molecule has 5 heteroatoms. The highest BCUT2D eigenvalue weighted by Gasteiger charge is 2.27. The number of aromatic hydroxyl groups is 1. The van der Waals surface area contributed by atoms with Crippen LogP contribution in [0.1, 0.15) is 22.8 Å². The van der Waals surface area contributed by atoms with Crippen molar-refractivity contribution in [2.24, 2.45) is 7.05 Å². The van der Waals surface area contributed by atoms with Crippen LogP contribution in [0.4, 0.5) is 5.69 Å². The van der Waals surface area contributed by atoms with Crippen LogP contribution in [0.5, 0.6) is 5.75 Å². The summed E-state index contributed by atoms with van der Waals surface area (Å²) in [6.45, 7) is 4.16. The molecule has 0 aliphatic rings. The van der Waals surface area contributed by atoms with Gasteiger partial charge in [-0.2, -0.15) is 0 Å². The van der Waals surface area contributed by atoms with Crippen LogP contribution < -0.4 is 10.5 Å². The Labute approximate surface area is 180 Å². The van der Waals surface area contributed by atoms with Gasteiger partial charge in [0.15, 0.2) is 0 Å². The van der Waals surface area contributed by atoms with Crippen molar-refractivity contribution in [2.75, 3.05) is 11.4 Å². The maximum atomic E-state index is 13.7. The number of aryl methyl sites for hydroxylation is 2. The van der Waals surface area contributed by atoms with E-state index in [-0.39, 0.29) is 11.3 Å². The summed E-state index contributed by atoms with van der Waals surface area (Å²) in [4.78, 5) is 28.3. The molecule has 4 rings (SSSR count). The van der Waals surface area contributed by atoms with Gasteiger partial charge in [0, 0.05) is 24.5 Å². The number of amides is 1. The Morgan fingerprint density at radius 1 is 1.00 bits per heavy atom. The van der Waals surface area contributed by atoms with Gasteiger partial charge in [0.25, 0.3) is 11.5 Å². The van der Waals surface area contributed by atoms with Crippen LogP contribution in [0.15, 0.2) is 77.6 Å². The predicted molar refractivity (Wildman–Crippen MR) is 125 cm³/mol. The molecular formula is C26H24N2O3. The lowest BCUT2D eigenvalue weighted by Gasteiger charge is -2.25. The normalized spacial score (nSPS) is 10.9. The second-order valence-electron chi connectivity index (χ2n) is 7.54. The van der Waals surface area contributed by atoms with Crippen molar-refractivity contribution in [1.82, 2.24) is 4.57 Å².